The van der Waals surface area contributed by atoms with Crippen LogP contribution in [0.2, 0.25) is 0 Å². The number of esters is 1. The largest absolute Gasteiger partial charge is 0.459 e. The summed E-state index contributed by atoms with van der Waals surface area (Å²) in [5.74, 6) is -0.176. The van der Waals surface area contributed by atoms with Crippen LogP contribution in [0.3, 0.4) is 0 Å². The number of carbonyl (C=O) groups is 1. The van der Waals surface area contributed by atoms with Crippen LogP contribution in [0.4, 0.5) is 0 Å². The van der Waals surface area contributed by atoms with Crippen molar-refractivity contribution in [2.75, 3.05) is 19.6 Å². The number of rotatable bonds is 3. The molecular formula is C10H20N2O2. The monoisotopic (exact) mass is 201 g/mol. The Kier molecular flexibility index (Phi) is 3.89. The van der Waals surface area contributed by atoms with Crippen molar-refractivity contribution in [3.05, 3.63) is 0 Å². The maximum atomic E-state index is 11.3. The molecule has 0 unspecified atom stereocenters. The number of nitrogens with one attached hydrogen (secondary N) is 2. The average molecular weight is 201 g/mol. The molecule has 2 N–H and O–H groups in total. The first-order valence-corrected chi connectivity index (χ1v) is 5.13. The lowest BCUT2D eigenvalue weighted by atomic mass is 10.2. The van der Waals surface area contributed by atoms with Gasteiger partial charge in [-0.05, 0) is 33.7 Å². The second-order valence-corrected chi connectivity index (χ2v) is 4.66. The fourth-order valence-corrected chi connectivity index (χ4v) is 1.43. The standard InChI is InChI=1S/C10H20N2O2/c1-10(2,3)14-9(13)7-12-8-4-5-11-6-8/h8,11-12H,4-7H2,1-3H3/t8-/m0/s1/i6+1. The van der Waals surface area contributed by atoms with Crippen LogP contribution in [-0.2, 0) is 9.53 Å². The molecule has 1 fully saturated rings. The third-order valence-corrected chi connectivity index (χ3v) is 2.02. The fraction of sp³-hybridized carbons (Fsp3) is 0.900. The number of hydrogen-bond acceptors (Lipinski definition) is 4. The van der Waals surface area contributed by atoms with Gasteiger partial charge in [0.05, 0.1) is 6.54 Å². The van der Waals surface area contributed by atoms with E-state index < -0.39 is 0 Å². The van der Waals surface area contributed by atoms with E-state index in [-0.39, 0.29) is 11.6 Å². The highest BCUT2D eigenvalue weighted by Gasteiger charge is 2.18. The molecule has 0 bridgehead atoms. The summed E-state index contributed by atoms with van der Waals surface area (Å²) < 4.78 is 5.18. The summed E-state index contributed by atoms with van der Waals surface area (Å²) in [5, 5.41) is 6.40. The number of carbonyl (C=O) groups excluding carboxylic acids is 1. The Balaban J connectivity index is 2.14. The first kappa shape index (κ1) is 11.5. The van der Waals surface area contributed by atoms with Crippen molar-refractivity contribution in [2.45, 2.75) is 38.8 Å². The maximum Gasteiger partial charge on any atom is 0.320 e. The van der Waals surface area contributed by atoms with Gasteiger partial charge in [-0.15, -0.1) is 0 Å². The summed E-state index contributed by atoms with van der Waals surface area (Å²) in [6.45, 7) is 7.92. The van der Waals surface area contributed by atoms with Crippen LogP contribution in [0.1, 0.15) is 27.2 Å². The lowest BCUT2D eigenvalue weighted by Gasteiger charge is -2.20. The van der Waals surface area contributed by atoms with Gasteiger partial charge in [0.25, 0.3) is 0 Å². The molecule has 1 atom stereocenters. The van der Waals surface area contributed by atoms with Crippen LogP contribution in [0.15, 0.2) is 0 Å². The molecule has 4 heteroatoms. The second kappa shape index (κ2) is 4.75. The average Bonchev–Trinajstić information content (AvgIpc) is 2.49. The zero-order valence-electron chi connectivity index (χ0n) is 9.22. The van der Waals surface area contributed by atoms with Crippen LogP contribution in [0, 0.1) is 0 Å². The third kappa shape index (κ3) is 4.58. The van der Waals surface area contributed by atoms with E-state index in [1.807, 2.05) is 20.8 Å². The van der Waals surface area contributed by atoms with E-state index in [1.54, 1.807) is 0 Å². The van der Waals surface area contributed by atoms with Crippen molar-refractivity contribution in [2.24, 2.45) is 0 Å². The molecule has 0 aliphatic carbocycles. The molecule has 0 aromatic heterocycles. The van der Waals surface area contributed by atoms with Gasteiger partial charge in [-0.25, -0.2) is 0 Å². The molecule has 0 saturated carbocycles. The third-order valence-electron chi connectivity index (χ3n) is 2.02. The van der Waals surface area contributed by atoms with Gasteiger partial charge in [0.15, 0.2) is 0 Å². The summed E-state index contributed by atoms with van der Waals surface area (Å²) in [7, 11) is 0. The van der Waals surface area contributed by atoms with Crippen LogP contribution >= 0.6 is 0 Å². The normalized spacial score (nSPS) is 22.4. The maximum absolute atomic E-state index is 11.3. The minimum atomic E-state index is -0.382. The van der Waals surface area contributed by atoms with Crippen LogP contribution in [0.5, 0.6) is 0 Å². The predicted molar refractivity (Wildman–Crippen MR) is 55.1 cm³/mol. The highest BCUT2D eigenvalue weighted by atomic mass is 16.6. The summed E-state index contributed by atoms with van der Waals surface area (Å²) in [6, 6.07) is 0.419. The molecule has 1 aliphatic rings. The first-order valence-electron chi connectivity index (χ1n) is 5.13. The van der Waals surface area contributed by atoms with Crippen LogP contribution in [0.25, 0.3) is 0 Å². The van der Waals surface area contributed by atoms with E-state index >= 15 is 0 Å². The van der Waals surface area contributed by atoms with Gasteiger partial charge in [0.1, 0.15) is 5.60 Å². The highest BCUT2D eigenvalue weighted by molar-refractivity contribution is 5.72. The molecule has 0 amide bonds. The molecule has 0 spiro atoms. The topological polar surface area (TPSA) is 50.4 Å². The van der Waals surface area contributed by atoms with Crippen molar-refractivity contribution < 1.29 is 9.53 Å². The smallest absolute Gasteiger partial charge is 0.320 e. The van der Waals surface area contributed by atoms with Gasteiger partial charge in [-0.3, -0.25) is 4.79 Å². The Morgan fingerprint density at radius 3 is 2.79 bits per heavy atom. The zero-order chi connectivity index (χ0) is 10.6. The van der Waals surface area contributed by atoms with Gasteiger partial charge < -0.3 is 15.4 Å². The molecule has 0 aromatic carbocycles. The van der Waals surface area contributed by atoms with Crippen molar-refractivity contribution in [1.29, 1.82) is 0 Å². The Bertz CT molecular complexity index is 193. The van der Waals surface area contributed by atoms with E-state index in [1.165, 1.54) is 0 Å². The fourth-order valence-electron chi connectivity index (χ4n) is 1.43. The Morgan fingerprint density at radius 2 is 2.29 bits per heavy atom. The zero-order valence-corrected chi connectivity index (χ0v) is 9.22. The highest BCUT2D eigenvalue weighted by Crippen LogP contribution is 2.06. The Hall–Kier alpha value is -0.610. The van der Waals surface area contributed by atoms with E-state index in [2.05, 4.69) is 10.6 Å². The molecule has 1 heterocycles. The lowest BCUT2D eigenvalue weighted by Crippen LogP contribution is -2.38. The van der Waals surface area contributed by atoms with Crippen LogP contribution < -0.4 is 10.6 Å². The van der Waals surface area contributed by atoms with Gasteiger partial charge in [0, 0.05) is 12.6 Å². The minimum Gasteiger partial charge on any atom is -0.459 e. The molecule has 0 radical (unpaired) electrons. The molecule has 1 rings (SSSR count). The van der Waals surface area contributed by atoms with Crippen LogP contribution in [-0.4, -0.2) is 37.2 Å². The Labute approximate surface area is 85.4 Å². The molecule has 1 aliphatic heterocycles. The molecule has 4 nitrogen and oxygen atoms in total. The van der Waals surface area contributed by atoms with Crippen molar-refractivity contribution >= 4 is 5.97 Å². The van der Waals surface area contributed by atoms with Crippen molar-refractivity contribution in [1.82, 2.24) is 10.6 Å². The molecule has 1 saturated heterocycles. The first-order chi connectivity index (χ1) is 6.47. The number of ether oxygens (including phenoxy) is 1. The van der Waals surface area contributed by atoms with Crippen molar-refractivity contribution in [3.63, 3.8) is 0 Å². The van der Waals surface area contributed by atoms with Gasteiger partial charge in [-0.2, -0.15) is 0 Å². The molecule has 14 heavy (non-hydrogen) atoms. The molecular weight excluding hydrogens is 181 g/mol. The molecule has 82 valence electrons. The number of hydrogen-bond donors (Lipinski definition) is 2. The summed E-state index contributed by atoms with van der Waals surface area (Å²) in [6.07, 6.45) is 1.09. The van der Waals surface area contributed by atoms with E-state index in [9.17, 15) is 4.79 Å². The van der Waals surface area contributed by atoms with E-state index in [0.717, 1.165) is 19.5 Å². The SMILES string of the molecule is CC(C)(C)OC(=O)CN[C@H]1CCN[13CH2]1. The van der Waals surface area contributed by atoms with Gasteiger partial charge >= 0.3 is 5.97 Å². The summed E-state index contributed by atoms with van der Waals surface area (Å²) in [4.78, 5) is 11.3. The second-order valence-electron chi connectivity index (χ2n) is 4.66. The molecule has 0 aromatic rings. The summed E-state index contributed by atoms with van der Waals surface area (Å²) >= 11 is 0. The van der Waals surface area contributed by atoms with E-state index in [4.69, 9.17) is 4.74 Å². The Morgan fingerprint density at radius 1 is 1.57 bits per heavy atom. The summed E-state index contributed by atoms with van der Waals surface area (Å²) in [5.41, 5.74) is -0.382. The lowest BCUT2D eigenvalue weighted by molar-refractivity contribution is -0.153. The van der Waals surface area contributed by atoms with Gasteiger partial charge in [0.2, 0.25) is 0 Å². The van der Waals surface area contributed by atoms with Gasteiger partial charge in [-0.1, -0.05) is 0 Å². The predicted octanol–water partition coefficient (Wildman–Crippen LogP) is 0.280. The van der Waals surface area contributed by atoms with E-state index in [0.29, 0.717) is 12.6 Å². The minimum absolute atomic E-state index is 0.176. The van der Waals surface area contributed by atoms with Crippen molar-refractivity contribution in [3.8, 4) is 0 Å². The quantitative estimate of drug-likeness (QED) is 0.508.